The van der Waals surface area contributed by atoms with Crippen LogP contribution in [0.4, 0.5) is 5.69 Å². The number of hydrogen-bond acceptors (Lipinski definition) is 7. The summed E-state index contributed by atoms with van der Waals surface area (Å²) in [5.74, 6) is -2.42. The highest BCUT2D eigenvalue weighted by molar-refractivity contribution is 7.10. The summed E-state index contributed by atoms with van der Waals surface area (Å²) < 4.78 is 10.7. The molecule has 2 spiro atoms. The fourth-order valence-corrected chi connectivity index (χ4v) is 6.03. The van der Waals surface area contributed by atoms with Crippen molar-refractivity contribution < 1.29 is 23.9 Å². The number of carbonyl (C=O) groups is 3. The number of carbonyl (C=O) groups excluding carboxylic acids is 3. The fraction of sp³-hybridized carbons (Fsp3) is 0.381. The van der Waals surface area contributed by atoms with Crippen LogP contribution in [0.2, 0.25) is 0 Å². The molecule has 2 saturated heterocycles. The molecular weight excluding hydrogens is 392 g/mol. The second-order valence-electron chi connectivity index (χ2n) is 7.50. The van der Waals surface area contributed by atoms with Gasteiger partial charge in [0.1, 0.15) is 16.9 Å². The molecule has 0 unspecified atom stereocenters. The third-order valence-corrected chi connectivity index (χ3v) is 7.18. The number of anilines is 1. The summed E-state index contributed by atoms with van der Waals surface area (Å²) in [7, 11) is 0. The summed E-state index contributed by atoms with van der Waals surface area (Å²) >= 11 is 1.48. The van der Waals surface area contributed by atoms with E-state index in [0.29, 0.717) is 17.7 Å². The van der Waals surface area contributed by atoms with Crippen LogP contribution in [-0.4, -0.2) is 36.6 Å². The summed E-state index contributed by atoms with van der Waals surface area (Å²) in [6, 6.07) is 10.6. The normalized spacial score (nSPS) is 32.4. The molecule has 1 aromatic heterocycles. The van der Waals surface area contributed by atoms with Gasteiger partial charge in [0.2, 0.25) is 5.91 Å². The van der Waals surface area contributed by atoms with Gasteiger partial charge in [0.15, 0.2) is 0 Å². The van der Waals surface area contributed by atoms with Gasteiger partial charge in [0.05, 0.1) is 19.3 Å². The lowest BCUT2D eigenvalue weighted by molar-refractivity contribution is -0.159. The molecule has 3 aliphatic rings. The van der Waals surface area contributed by atoms with Crippen molar-refractivity contribution in [3.63, 3.8) is 0 Å². The number of cyclic esters (lactones) is 1. The van der Waals surface area contributed by atoms with Crippen LogP contribution >= 0.6 is 11.3 Å². The lowest BCUT2D eigenvalue weighted by atomic mass is 9.63. The minimum atomic E-state index is -1.31. The maximum atomic E-state index is 13.6. The molecule has 5 rings (SSSR count). The maximum absolute atomic E-state index is 13.6. The Morgan fingerprint density at radius 2 is 2.10 bits per heavy atom. The van der Waals surface area contributed by atoms with Gasteiger partial charge in [-0.25, -0.2) is 0 Å². The smallest absolute Gasteiger partial charge is 0.327 e. The van der Waals surface area contributed by atoms with E-state index in [1.54, 1.807) is 6.92 Å². The average Bonchev–Trinajstić information content (AvgIpc) is 3.46. The van der Waals surface area contributed by atoms with E-state index in [1.165, 1.54) is 11.3 Å². The Morgan fingerprint density at radius 3 is 2.79 bits per heavy atom. The first-order chi connectivity index (χ1) is 14.1. The van der Waals surface area contributed by atoms with Gasteiger partial charge in [0.25, 0.3) is 0 Å². The summed E-state index contributed by atoms with van der Waals surface area (Å²) in [6.45, 7) is 2.06. The lowest BCUT2D eigenvalue weighted by Gasteiger charge is -2.34. The van der Waals surface area contributed by atoms with Crippen molar-refractivity contribution in [1.29, 1.82) is 0 Å². The molecular formula is C21H20N2O5S. The molecule has 1 aromatic carbocycles. The molecule has 0 radical (unpaired) electrons. The topological polar surface area (TPSA) is 93.7 Å². The Balaban J connectivity index is 1.81. The van der Waals surface area contributed by atoms with Crippen molar-refractivity contribution in [3.05, 3.63) is 52.2 Å². The Hall–Kier alpha value is -2.71. The molecule has 2 aromatic rings. The quantitative estimate of drug-likeness (QED) is 0.751. The lowest BCUT2D eigenvalue weighted by Crippen LogP contribution is -2.56. The minimum absolute atomic E-state index is 0.156. The number of hydrogen-bond donors (Lipinski definition) is 2. The average molecular weight is 412 g/mol. The number of nitrogens with one attached hydrogen (secondary N) is 2. The van der Waals surface area contributed by atoms with Crippen LogP contribution < -0.4 is 10.6 Å². The zero-order valence-corrected chi connectivity index (χ0v) is 16.6. The largest absolute Gasteiger partial charge is 0.466 e. The van der Waals surface area contributed by atoms with Crippen molar-refractivity contribution in [2.75, 3.05) is 18.5 Å². The van der Waals surface area contributed by atoms with Crippen LogP contribution in [0.5, 0.6) is 0 Å². The Morgan fingerprint density at radius 1 is 1.28 bits per heavy atom. The molecule has 2 fully saturated rings. The number of benzene rings is 1. The van der Waals surface area contributed by atoms with Crippen molar-refractivity contribution in [2.45, 2.75) is 30.3 Å². The fourth-order valence-electron chi connectivity index (χ4n) is 5.18. The van der Waals surface area contributed by atoms with E-state index in [-0.39, 0.29) is 19.1 Å². The molecule has 4 atom stereocenters. The van der Waals surface area contributed by atoms with Crippen LogP contribution in [0.15, 0.2) is 41.8 Å². The number of rotatable bonds is 3. The zero-order valence-electron chi connectivity index (χ0n) is 15.8. The minimum Gasteiger partial charge on any atom is -0.466 e. The molecule has 7 nitrogen and oxygen atoms in total. The van der Waals surface area contributed by atoms with Gasteiger partial charge >= 0.3 is 11.9 Å². The number of thiophene rings is 1. The van der Waals surface area contributed by atoms with Crippen molar-refractivity contribution >= 4 is 34.9 Å². The maximum Gasteiger partial charge on any atom is 0.327 e. The third kappa shape index (κ3) is 2.24. The molecule has 3 aliphatic heterocycles. The second kappa shape index (κ2) is 6.40. The highest BCUT2D eigenvalue weighted by atomic mass is 32.1. The monoisotopic (exact) mass is 412 g/mol. The molecule has 0 saturated carbocycles. The first-order valence-electron chi connectivity index (χ1n) is 9.61. The van der Waals surface area contributed by atoms with Crippen molar-refractivity contribution in [3.8, 4) is 0 Å². The summed E-state index contributed by atoms with van der Waals surface area (Å²) in [4.78, 5) is 40.8. The number of para-hydroxylation sites is 1. The van der Waals surface area contributed by atoms with E-state index in [1.807, 2.05) is 41.8 Å². The number of fused-ring (bicyclic) bond motifs is 2. The SMILES string of the molecule is CCOC(=O)[C@H]1[C@]2(C(=O)Nc3ccccc32)[C@H](c2cccs2)N[C@@]12CCOC2=O. The predicted molar refractivity (Wildman–Crippen MR) is 105 cm³/mol. The van der Waals surface area contributed by atoms with Gasteiger partial charge in [-0.3, -0.25) is 19.7 Å². The first kappa shape index (κ1) is 18.3. The second-order valence-corrected chi connectivity index (χ2v) is 8.48. The first-order valence-corrected chi connectivity index (χ1v) is 10.5. The van der Waals surface area contributed by atoms with E-state index < -0.39 is 34.9 Å². The molecule has 0 aliphatic carbocycles. The Bertz CT molecular complexity index is 1010. The van der Waals surface area contributed by atoms with Crippen LogP contribution in [-0.2, 0) is 29.3 Å². The van der Waals surface area contributed by atoms with Gasteiger partial charge in [-0.1, -0.05) is 24.3 Å². The summed E-state index contributed by atoms with van der Waals surface area (Å²) in [5, 5.41) is 8.24. The van der Waals surface area contributed by atoms with Crippen molar-refractivity contribution in [2.24, 2.45) is 5.92 Å². The highest BCUT2D eigenvalue weighted by Crippen LogP contribution is 2.61. The van der Waals surface area contributed by atoms with Gasteiger partial charge in [0, 0.05) is 17.0 Å². The molecule has 1 amide bonds. The van der Waals surface area contributed by atoms with Gasteiger partial charge < -0.3 is 14.8 Å². The van der Waals surface area contributed by atoms with E-state index in [0.717, 1.165) is 4.88 Å². The van der Waals surface area contributed by atoms with E-state index in [9.17, 15) is 14.4 Å². The summed E-state index contributed by atoms with van der Waals surface area (Å²) in [6.07, 6.45) is 0.300. The predicted octanol–water partition coefficient (Wildman–Crippen LogP) is 2.15. The van der Waals surface area contributed by atoms with E-state index in [4.69, 9.17) is 9.47 Å². The number of ether oxygens (including phenoxy) is 2. The van der Waals surface area contributed by atoms with E-state index in [2.05, 4.69) is 10.6 Å². The third-order valence-electron chi connectivity index (χ3n) is 6.25. The van der Waals surface area contributed by atoms with Gasteiger partial charge in [-0.2, -0.15) is 0 Å². The molecule has 0 bridgehead atoms. The molecule has 2 N–H and O–H groups in total. The molecule has 4 heterocycles. The standard InChI is InChI=1S/C21H20N2O5S/c1-2-27-17(24)15-20(9-10-28-19(20)26)23-16(14-8-5-11-29-14)21(15)12-6-3-4-7-13(12)22-18(21)25/h3-8,11,15-16,23H,2,9-10H2,1H3,(H,22,25)/t15-,16+,20+,21+/m1/s1. The number of amides is 1. The van der Waals surface area contributed by atoms with E-state index >= 15 is 0 Å². The van der Waals surface area contributed by atoms with Crippen LogP contribution in [0.3, 0.4) is 0 Å². The molecule has 150 valence electrons. The van der Waals surface area contributed by atoms with Gasteiger partial charge in [-0.05, 0) is 30.0 Å². The van der Waals surface area contributed by atoms with Crippen LogP contribution in [0.1, 0.15) is 29.8 Å². The zero-order chi connectivity index (χ0) is 20.2. The van der Waals surface area contributed by atoms with Crippen molar-refractivity contribution in [1.82, 2.24) is 5.32 Å². The van der Waals surface area contributed by atoms with Crippen LogP contribution in [0.25, 0.3) is 0 Å². The Labute approximate surface area is 171 Å². The summed E-state index contributed by atoms with van der Waals surface area (Å²) in [5.41, 5.74) is -1.27. The van der Waals surface area contributed by atoms with Crippen LogP contribution in [0, 0.1) is 5.92 Å². The highest BCUT2D eigenvalue weighted by Gasteiger charge is 2.75. The molecule has 8 heteroatoms. The van der Waals surface area contributed by atoms with Gasteiger partial charge in [-0.15, -0.1) is 11.3 Å². The number of esters is 2. The Kier molecular flexibility index (Phi) is 4.04. The molecule has 29 heavy (non-hydrogen) atoms.